The van der Waals surface area contributed by atoms with Crippen LogP contribution in [0.15, 0.2) is 267 Å². The van der Waals surface area contributed by atoms with E-state index in [2.05, 4.69) is 341 Å². The molecule has 0 spiro atoms. The Bertz CT molecular complexity index is 7590. The molecule has 0 aliphatic heterocycles. The van der Waals surface area contributed by atoms with Crippen molar-refractivity contribution >= 4 is 130 Å². The van der Waals surface area contributed by atoms with E-state index in [0.717, 1.165) is 25.7 Å². The number of nitrogens with zero attached hydrogens (tertiary/aromatic N) is 4. The van der Waals surface area contributed by atoms with Crippen molar-refractivity contribution in [3.05, 3.63) is 334 Å². The van der Waals surface area contributed by atoms with Gasteiger partial charge in [-0.1, -0.05) is 260 Å². The van der Waals surface area contributed by atoms with E-state index in [1.165, 1.54) is 348 Å². The quantitative estimate of drug-likeness (QED) is 0.0679. The lowest BCUT2D eigenvalue weighted by Crippen LogP contribution is -2.43. The molecule has 0 radical (unpaired) electrons. The molecule has 4 heteroatoms. The number of benzene rings is 16. The fourth-order valence-corrected chi connectivity index (χ4v) is 27.7. The second kappa shape index (κ2) is 29.7. The molecule has 0 saturated heterocycles. The predicted octanol–water partition coefficient (Wildman–Crippen LogP) is 34.0. The second-order valence-corrected chi connectivity index (χ2v) is 40.5. The van der Waals surface area contributed by atoms with Gasteiger partial charge in [0.05, 0.1) is 44.1 Å². The minimum atomic E-state index is 0.219. The Hall–Kier alpha value is -12.2. The van der Waals surface area contributed by atoms with Crippen LogP contribution in [-0.4, -0.2) is 18.3 Å². The number of unbranched alkanes of at least 4 members (excludes halogenated alkanes) is 6. The minimum Gasteiger partial charge on any atom is -0.309 e. The maximum absolute atomic E-state index is 2.67. The highest BCUT2D eigenvalue weighted by Gasteiger charge is 2.64. The van der Waals surface area contributed by atoms with Crippen LogP contribution < -0.4 is 0 Å². The number of fused-ring (bicyclic) bond motifs is 24. The number of aromatic nitrogens is 4. The molecular weight excluding hydrogens is 1550 g/mol. The summed E-state index contributed by atoms with van der Waals surface area (Å²) in [6.07, 6.45) is 30.7. The zero-order valence-corrected chi connectivity index (χ0v) is 76.2. The molecule has 20 aromatic rings. The van der Waals surface area contributed by atoms with Gasteiger partial charge < -0.3 is 18.3 Å². The molecular formula is C124H116N4. The first kappa shape index (κ1) is 78.1. The van der Waals surface area contributed by atoms with Gasteiger partial charge >= 0.3 is 0 Å². The van der Waals surface area contributed by atoms with Crippen LogP contribution in [0.25, 0.3) is 175 Å². The average molecular weight is 1660 g/mol. The highest BCUT2D eigenvalue weighted by atomic mass is 15.0. The molecule has 6 aliphatic rings. The van der Waals surface area contributed by atoms with E-state index < -0.39 is 0 Å². The van der Waals surface area contributed by atoms with Crippen molar-refractivity contribution in [2.45, 2.75) is 231 Å². The summed E-state index contributed by atoms with van der Waals surface area (Å²) < 4.78 is 10.3. The Kier molecular flexibility index (Phi) is 18.1. The van der Waals surface area contributed by atoms with E-state index in [9.17, 15) is 0 Å². The van der Waals surface area contributed by atoms with Crippen LogP contribution in [-0.2, 0) is 47.3 Å². The molecule has 4 nitrogen and oxygen atoms in total. The van der Waals surface area contributed by atoms with Crippen molar-refractivity contribution in [3.8, 4) is 45.0 Å². The van der Waals surface area contributed by atoms with Gasteiger partial charge in [-0.3, -0.25) is 0 Å². The van der Waals surface area contributed by atoms with Crippen LogP contribution in [0.3, 0.4) is 0 Å². The third kappa shape index (κ3) is 11.4. The van der Waals surface area contributed by atoms with Crippen molar-refractivity contribution in [1.82, 2.24) is 18.3 Å². The zero-order chi connectivity index (χ0) is 85.8. The summed E-state index contributed by atoms with van der Waals surface area (Å²) in [5.41, 5.74) is 39.7. The maximum atomic E-state index is 2.67. The molecule has 0 amide bonds. The van der Waals surface area contributed by atoms with Gasteiger partial charge in [0.25, 0.3) is 0 Å². The minimum absolute atomic E-state index is 0.219. The molecule has 632 valence electrons. The summed E-state index contributed by atoms with van der Waals surface area (Å²) in [4.78, 5) is 0. The summed E-state index contributed by atoms with van der Waals surface area (Å²) in [6, 6.07) is 106. The van der Waals surface area contributed by atoms with Gasteiger partial charge in [0, 0.05) is 87.5 Å². The fourth-order valence-electron chi connectivity index (χ4n) is 27.7. The standard InChI is InChI=1S/C64H60N2.C60H56N2/c1-5-41-13-17-45-47-19-15-43(35-55(47)63-27-7-23-61(63,24-8-28-63)53(45)33-41)65-57-21-11-39(3)31-49(57)51-38-60-52(37-59(51)65)50-32-40(4)12-22-58(50)66(60)44-16-20-48-46-18-14-42(6-2)34-54(46)62-25-9-29-64(62,30-10-26-62)56(48)36-44;1-5-7-9-11-13-41-17-25-49-43(33-41)19-21-45-35-47(23-27-51(45)49)61-57-29-15-39(3)31-53(57)55-38-60-56(37-59(55)61)54-32-40(4)16-30-58(54)62(60)48-24-28-52-46(36-48)22-20-44-34-42(18-26-50(44)52)14-12-10-8-6-2/h11-22,31-38H,5-10,23-30H2,1-4H3;15-38H,5-14H2,1-4H3. The van der Waals surface area contributed by atoms with Gasteiger partial charge in [0.2, 0.25) is 0 Å². The summed E-state index contributed by atoms with van der Waals surface area (Å²) in [7, 11) is 0. The van der Waals surface area contributed by atoms with Crippen LogP contribution >= 0.6 is 0 Å². The highest BCUT2D eigenvalue weighted by Crippen LogP contribution is 2.71. The maximum Gasteiger partial charge on any atom is 0.0548 e. The van der Waals surface area contributed by atoms with E-state index in [-0.39, 0.29) is 21.7 Å². The van der Waals surface area contributed by atoms with Crippen molar-refractivity contribution in [2.75, 3.05) is 0 Å². The van der Waals surface area contributed by atoms with Gasteiger partial charge in [-0.2, -0.15) is 0 Å². The van der Waals surface area contributed by atoms with E-state index in [1.54, 1.807) is 22.3 Å². The topological polar surface area (TPSA) is 19.7 Å². The molecule has 6 aliphatic carbocycles. The molecule has 0 unspecified atom stereocenters. The largest absolute Gasteiger partial charge is 0.309 e. The molecule has 4 saturated carbocycles. The number of hydrogen-bond donors (Lipinski definition) is 0. The fraction of sp³-hybridized carbons (Fsp3) is 0.290. The summed E-state index contributed by atoms with van der Waals surface area (Å²) >= 11 is 0. The zero-order valence-electron chi connectivity index (χ0n) is 76.2. The normalized spacial score (nSPS) is 19.1. The monoisotopic (exact) mass is 1660 g/mol. The summed E-state index contributed by atoms with van der Waals surface area (Å²) in [6.45, 7) is 18.2. The molecule has 0 bridgehead atoms. The Morgan fingerprint density at radius 2 is 0.477 bits per heavy atom. The van der Waals surface area contributed by atoms with Gasteiger partial charge in [0.1, 0.15) is 0 Å². The Morgan fingerprint density at radius 1 is 0.211 bits per heavy atom. The number of rotatable bonds is 16. The lowest BCUT2D eigenvalue weighted by atomic mass is 9.55. The smallest absolute Gasteiger partial charge is 0.0548 e. The Labute approximate surface area is 753 Å². The van der Waals surface area contributed by atoms with Crippen LogP contribution in [0, 0.1) is 27.7 Å². The van der Waals surface area contributed by atoms with E-state index in [0.29, 0.717) is 0 Å². The molecule has 16 aromatic carbocycles. The Morgan fingerprint density at radius 3 is 0.789 bits per heavy atom. The SMILES string of the molecule is CCCCCCc1ccc2c(ccc3cc(-n4c5ccc(C)cc5c5cc6c(cc54)c4cc(C)ccc4n6-c4ccc5c(ccc6cc(CCCCCC)ccc65)c4)ccc32)c1.CCc1ccc2c(c1)C13CCCC1(CCC3)c1cc(-n3c4ccc(C)cc4c4cc5c(cc43)c3cc(C)ccc3n5-c3ccc4c(c3)C35CCCC3(CCC5)c3cc(CC)ccc3-4)ccc1-2. The highest BCUT2D eigenvalue weighted by molar-refractivity contribution is 6.22. The van der Waals surface area contributed by atoms with Crippen LogP contribution in [0.4, 0.5) is 0 Å². The molecule has 4 heterocycles. The third-order valence-electron chi connectivity index (χ3n) is 33.7. The lowest BCUT2D eigenvalue weighted by Gasteiger charge is -2.48. The second-order valence-electron chi connectivity index (χ2n) is 40.5. The number of hydrogen-bond acceptors (Lipinski definition) is 0. The van der Waals surface area contributed by atoms with Crippen LogP contribution in [0.2, 0.25) is 0 Å². The molecule has 0 atom stereocenters. The average Bonchev–Trinajstić information content (AvgIpc) is 1.49. The lowest BCUT2D eigenvalue weighted by molar-refractivity contribution is 0.299. The van der Waals surface area contributed by atoms with Crippen molar-refractivity contribution in [1.29, 1.82) is 0 Å². The van der Waals surface area contributed by atoms with E-state index in [4.69, 9.17) is 0 Å². The number of aryl methyl sites for hydroxylation is 8. The molecule has 4 fully saturated rings. The van der Waals surface area contributed by atoms with Gasteiger partial charge in [-0.25, -0.2) is 0 Å². The van der Waals surface area contributed by atoms with Crippen molar-refractivity contribution in [2.24, 2.45) is 0 Å². The molecule has 0 N–H and O–H groups in total. The van der Waals surface area contributed by atoms with Crippen molar-refractivity contribution in [3.63, 3.8) is 0 Å². The van der Waals surface area contributed by atoms with Gasteiger partial charge in [-0.05, 0) is 349 Å². The Balaban J connectivity index is 0.000000139. The van der Waals surface area contributed by atoms with Gasteiger partial charge in [0.15, 0.2) is 0 Å². The van der Waals surface area contributed by atoms with Crippen LogP contribution in [0.1, 0.15) is 223 Å². The predicted molar refractivity (Wildman–Crippen MR) is 547 cm³/mol. The van der Waals surface area contributed by atoms with Crippen LogP contribution in [0.5, 0.6) is 0 Å². The first-order valence-electron chi connectivity index (χ1n) is 49.2. The summed E-state index contributed by atoms with van der Waals surface area (Å²) in [5, 5.41) is 21.0. The first-order chi connectivity index (χ1) is 62.7. The molecule has 26 rings (SSSR count). The molecule has 4 aromatic heterocycles. The summed E-state index contributed by atoms with van der Waals surface area (Å²) in [5.74, 6) is 0. The van der Waals surface area contributed by atoms with Gasteiger partial charge in [-0.15, -0.1) is 0 Å². The van der Waals surface area contributed by atoms with E-state index in [1.807, 2.05) is 0 Å². The van der Waals surface area contributed by atoms with Crippen molar-refractivity contribution < 1.29 is 0 Å². The van der Waals surface area contributed by atoms with E-state index >= 15 is 0 Å². The third-order valence-corrected chi connectivity index (χ3v) is 33.7. The molecule has 128 heavy (non-hydrogen) atoms. The first-order valence-corrected chi connectivity index (χ1v) is 49.2.